The number of hydrazone groups is 1. The molecule has 0 saturated heterocycles. The van der Waals surface area contributed by atoms with Crippen molar-refractivity contribution in [2.75, 3.05) is 0 Å². The highest BCUT2D eigenvalue weighted by atomic mass is 79.9. The molecule has 3 aromatic rings. The summed E-state index contributed by atoms with van der Waals surface area (Å²) in [6, 6.07) is 16.3. The summed E-state index contributed by atoms with van der Waals surface area (Å²) in [5.41, 5.74) is 6.47. The number of hydrogen-bond donors (Lipinski definition) is 1. The molecule has 0 bridgehead atoms. The topological polar surface area (TPSA) is 46.4 Å². The van der Waals surface area contributed by atoms with E-state index in [2.05, 4.69) is 26.5 Å². The first-order valence-corrected chi connectivity index (χ1v) is 9.25. The predicted octanol–water partition coefficient (Wildman–Crippen LogP) is 4.69. The standard InChI is InChI=1S/C21H19BrFN3O/c1-14-10-17(13-24-25-21(27)11-16-6-4-3-5-7-16)15(2)26(14)20-9-8-18(22)12-19(20)23/h3-10,12-13H,11H2,1-2H3,(H,25,27)/b24-13+. The van der Waals surface area contributed by atoms with Crippen molar-refractivity contribution < 1.29 is 9.18 Å². The van der Waals surface area contributed by atoms with E-state index in [1.54, 1.807) is 18.3 Å². The lowest BCUT2D eigenvalue weighted by atomic mass is 10.1. The van der Waals surface area contributed by atoms with Crippen LogP contribution in [0.3, 0.4) is 0 Å². The van der Waals surface area contributed by atoms with Crippen LogP contribution in [0.2, 0.25) is 0 Å². The zero-order valence-electron chi connectivity index (χ0n) is 15.0. The molecule has 138 valence electrons. The highest BCUT2D eigenvalue weighted by Gasteiger charge is 2.13. The van der Waals surface area contributed by atoms with Crippen LogP contribution >= 0.6 is 15.9 Å². The monoisotopic (exact) mass is 427 g/mol. The van der Waals surface area contributed by atoms with Crippen molar-refractivity contribution in [1.82, 2.24) is 9.99 Å². The number of benzene rings is 2. The number of halogens is 2. The first-order valence-electron chi connectivity index (χ1n) is 8.46. The Kier molecular flexibility index (Phi) is 5.86. The Labute approximate surface area is 165 Å². The van der Waals surface area contributed by atoms with Crippen LogP contribution in [-0.4, -0.2) is 16.7 Å². The molecule has 0 aliphatic carbocycles. The van der Waals surface area contributed by atoms with E-state index in [0.29, 0.717) is 10.2 Å². The van der Waals surface area contributed by atoms with Crippen molar-refractivity contribution in [2.45, 2.75) is 20.3 Å². The van der Waals surface area contributed by atoms with Crippen molar-refractivity contribution in [3.05, 3.63) is 87.4 Å². The van der Waals surface area contributed by atoms with Gasteiger partial charge in [0.2, 0.25) is 5.91 Å². The quantitative estimate of drug-likeness (QED) is 0.465. The highest BCUT2D eigenvalue weighted by Crippen LogP contribution is 2.24. The molecular weight excluding hydrogens is 409 g/mol. The summed E-state index contributed by atoms with van der Waals surface area (Å²) < 4.78 is 16.8. The lowest BCUT2D eigenvalue weighted by molar-refractivity contribution is -0.120. The molecule has 0 radical (unpaired) electrons. The van der Waals surface area contributed by atoms with Crippen molar-refractivity contribution in [1.29, 1.82) is 0 Å². The fourth-order valence-electron chi connectivity index (χ4n) is 2.95. The number of aryl methyl sites for hydroxylation is 1. The van der Waals surface area contributed by atoms with Crippen LogP contribution in [0.4, 0.5) is 4.39 Å². The fraction of sp³-hybridized carbons (Fsp3) is 0.143. The molecule has 1 N–H and O–H groups in total. The molecule has 1 heterocycles. The third-order valence-corrected chi connectivity index (χ3v) is 4.71. The van der Waals surface area contributed by atoms with Crippen molar-refractivity contribution in [2.24, 2.45) is 5.10 Å². The van der Waals surface area contributed by atoms with Crippen molar-refractivity contribution >= 4 is 28.1 Å². The number of carbonyl (C=O) groups is 1. The number of hydrogen-bond acceptors (Lipinski definition) is 2. The summed E-state index contributed by atoms with van der Waals surface area (Å²) in [6.07, 6.45) is 1.85. The Hall–Kier alpha value is -2.73. The molecule has 0 aliphatic heterocycles. The van der Waals surface area contributed by atoms with Gasteiger partial charge >= 0.3 is 0 Å². The van der Waals surface area contributed by atoms with Crippen LogP contribution in [0.5, 0.6) is 0 Å². The molecule has 6 heteroatoms. The first kappa shape index (κ1) is 19.0. The second-order valence-corrected chi connectivity index (χ2v) is 7.13. The van der Waals surface area contributed by atoms with Gasteiger partial charge in [-0.15, -0.1) is 0 Å². The number of nitrogens with one attached hydrogen (secondary N) is 1. The SMILES string of the molecule is Cc1cc(/C=N/NC(=O)Cc2ccccc2)c(C)n1-c1ccc(Br)cc1F. The average molecular weight is 428 g/mol. The number of nitrogens with zero attached hydrogens (tertiary/aromatic N) is 2. The van der Waals surface area contributed by atoms with E-state index in [9.17, 15) is 9.18 Å². The van der Waals surface area contributed by atoms with Gasteiger partial charge in [0, 0.05) is 21.4 Å². The van der Waals surface area contributed by atoms with Gasteiger partial charge < -0.3 is 4.57 Å². The smallest absolute Gasteiger partial charge is 0.244 e. The van der Waals surface area contributed by atoms with E-state index in [4.69, 9.17) is 0 Å². The summed E-state index contributed by atoms with van der Waals surface area (Å²) in [5, 5.41) is 4.04. The predicted molar refractivity (Wildman–Crippen MR) is 109 cm³/mol. The molecular formula is C21H19BrFN3O. The van der Waals surface area contributed by atoms with Crippen LogP contribution < -0.4 is 5.43 Å². The number of amides is 1. The molecule has 27 heavy (non-hydrogen) atoms. The normalized spacial score (nSPS) is 11.1. The van der Waals surface area contributed by atoms with Crippen LogP contribution in [0.25, 0.3) is 5.69 Å². The largest absolute Gasteiger partial charge is 0.315 e. The van der Waals surface area contributed by atoms with Crippen molar-refractivity contribution in [3.8, 4) is 5.69 Å². The van der Waals surface area contributed by atoms with Gasteiger partial charge in [0.1, 0.15) is 5.82 Å². The van der Waals surface area contributed by atoms with Gasteiger partial charge in [-0.2, -0.15) is 5.10 Å². The highest BCUT2D eigenvalue weighted by molar-refractivity contribution is 9.10. The Balaban J connectivity index is 1.74. The zero-order valence-corrected chi connectivity index (χ0v) is 16.6. The molecule has 0 saturated carbocycles. The van der Waals surface area contributed by atoms with E-state index < -0.39 is 0 Å². The van der Waals surface area contributed by atoms with E-state index in [0.717, 1.165) is 22.5 Å². The molecule has 0 atom stereocenters. The Morgan fingerprint density at radius 1 is 1.19 bits per heavy atom. The molecule has 1 amide bonds. The molecule has 4 nitrogen and oxygen atoms in total. The van der Waals surface area contributed by atoms with E-state index in [1.807, 2.05) is 54.8 Å². The van der Waals surface area contributed by atoms with Gasteiger partial charge in [-0.1, -0.05) is 46.3 Å². The third-order valence-electron chi connectivity index (χ3n) is 4.22. The molecule has 0 aliphatic rings. The summed E-state index contributed by atoms with van der Waals surface area (Å²) >= 11 is 3.27. The first-order chi connectivity index (χ1) is 13.0. The maximum Gasteiger partial charge on any atom is 0.244 e. The Bertz CT molecular complexity index is 996. The summed E-state index contributed by atoms with van der Waals surface area (Å²) in [7, 11) is 0. The van der Waals surface area contributed by atoms with Gasteiger partial charge in [-0.3, -0.25) is 4.79 Å². The minimum absolute atomic E-state index is 0.190. The Morgan fingerprint density at radius 2 is 1.93 bits per heavy atom. The van der Waals surface area contributed by atoms with Gasteiger partial charge in [-0.05, 0) is 43.7 Å². The number of carbonyl (C=O) groups excluding carboxylic acids is 1. The minimum atomic E-state index is -0.314. The summed E-state index contributed by atoms with van der Waals surface area (Å²) in [4.78, 5) is 12.0. The Morgan fingerprint density at radius 3 is 2.63 bits per heavy atom. The van der Waals surface area contributed by atoms with Crippen molar-refractivity contribution in [3.63, 3.8) is 0 Å². The molecule has 3 rings (SSSR count). The lowest BCUT2D eigenvalue weighted by Crippen LogP contribution is -2.19. The lowest BCUT2D eigenvalue weighted by Gasteiger charge is -2.11. The second-order valence-electron chi connectivity index (χ2n) is 6.21. The molecule has 0 spiro atoms. The van der Waals surface area contributed by atoms with E-state index in [1.165, 1.54) is 6.07 Å². The maximum absolute atomic E-state index is 14.3. The van der Waals surface area contributed by atoms with Crippen LogP contribution in [0, 0.1) is 19.7 Å². The molecule has 0 unspecified atom stereocenters. The average Bonchev–Trinajstić information content (AvgIpc) is 2.90. The molecule has 0 fully saturated rings. The summed E-state index contributed by atoms with van der Waals surface area (Å²) in [6.45, 7) is 3.79. The van der Waals surface area contributed by atoms with E-state index in [-0.39, 0.29) is 18.1 Å². The van der Waals surface area contributed by atoms with Gasteiger partial charge in [-0.25, -0.2) is 9.82 Å². The van der Waals surface area contributed by atoms with Gasteiger partial charge in [0.05, 0.1) is 18.3 Å². The number of aromatic nitrogens is 1. The summed E-state index contributed by atoms with van der Waals surface area (Å²) in [5.74, 6) is -0.504. The van der Waals surface area contributed by atoms with E-state index >= 15 is 0 Å². The van der Waals surface area contributed by atoms with Crippen LogP contribution in [0.1, 0.15) is 22.5 Å². The second kappa shape index (κ2) is 8.31. The maximum atomic E-state index is 14.3. The van der Waals surface area contributed by atoms with Gasteiger partial charge in [0.25, 0.3) is 0 Å². The van der Waals surface area contributed by atoms with Crippen LogP contribution in [0.15, 0.2) is 64.2 Å². The fourth-order valence-corrected chi connectivity index (χ4v) is 3.28. The number of rotatable bonds is 5. The third kappa shape index (κ3) is 4.52. The minimum Gasteiger partial charge on any atom is -0.315 e. The van der Waals surface area contributed by atoms with Crippen LogP contribution in [-0.2, 0) is 11.2 Å². The molecule has 2 aromatic carbocycles. The molecule has 1 aromatic heterocycles. The zero-order chi connectivity index (χ0) is 19.4. The van der Waals surface area contributed by atoms with Gasteiger partial charge in [0.15, 0.2) is 0 Å².